The highest BCUT2D eigenvalue weighted by molar-refractivity contribution is 7.15. The van der Waals surface area contributed by atoms with Crippen molar-refractivity contribution in [2.75, 3.05) is 14.1 Å². The molecule has 1 unspecified atom stereocenters. The van der Waals surface area contributed by atoms with Crippen molar-refractivity contribution >= 4 is 17.3 Å². The molecule has 0 spiro atoms. The zero-order chi connectivity index (χ0) is 15.7. The smallest absolute Gasteiger partial charge is 0.357 e. The fourth-order valence-corrected chi connectivity index (χ4v) is 3.75. The summed E-state index contributed by atoms with van der Waals surface area (Å²) in [5.74, 6) is -0.408. The van der Waals surface area contributed by atoms with Crippen LogP contribution in [0.3, 0.4) is 0 Å². The Kier molecular flexibility index (Phi) is 4.24. The highest BCUT2D eigenvalue weighted by Gasteiger charge is 2.25. The second kappa shape index (κ2) is 6.16. The van der Waals surface area contributed by atoms with Crippen LogP contribution in [0.2, 0.25) is 0 Å². The Morgan fingerprint density at radius 2 is 2.18 bits per heavy atom. The number of hydroxylamine groups is 2. The first-order valence-electron chi connectivity index (χ1n) is 7.23. The van der Waals surface area contributed by atoms with Crippen LogP contribution in [0.4, 0.5) is 0 Å². The number of aromatic nitrogens is 1. The molecule has 0 aliphatic heterocycles. The summed E-state index contributed by atoms with van der Waals surface area (Å²) in [7, 11) is 3.33. The SMILES string of the molecule is CN(C)OC(=O)c1ccccc1-c1nc2c(s1)C(O)CCC2. The van der Waals surface area contributed by atoms with Gasteiger partial charge in [0.1, 0.15) is 5.01 Å². The molecular weight excluding hydrogens is 300 g/mol. The maximum absolute atomic E-state index is 12.2. The summed E-state index contributed by atoms with van der Waals surface area (Å²) >= 11 is 1.46. The minimum absolute atomic E-state index is 0.408. The first-order chi connectivity index (χ1) is 10.6. The average molecular weight is 318 g/mol. The molecule has 1 aromatic carbocycles. The number of nitrogens with zero attached hydrogens (tertiary/aromatic N) is 2. The standard InChI is InChI=1S/C16H18N2O3S/c1-18(2)21-16(20)11-7-4-3-6-10(11)15-17-12-8-5-9-13(19)14(12)22-15/h3-4,6-7,13,19H,5,8-9H2,1-2H3. The van der Waals surface area contributed by atoms with Gasteiger partial charge in [-0.2, -0.15) is 0 Å². The molecule has 5 nitrogen and oxygen atoms in total. The Hall–Kier alpha value is -1.76. The van der Waals surface area contributed by atoms with Gasteiger partial charge in [0, 0.05) is 19.7 Å². The van der Waals surface area contributed by atoms with E-state index in [1.54, 1.807) is 26.2 Å². The Balaban J connectivity index is 2.00. The number of aliphatic hydroxyl groups is 1. The largest absolute Gasteiger partial charge is 0.388 e. The first kappa shape index (κ1) is 15.1. The molecule has 1 aliphatic carbocycles. The molecule has 116 valence electrons. The van der Waals surface area contributed by atoms with Crippen LogP contribution in [0.1, 0.15) is 39.9 Å². The summed E-state index contributed by atoms with van der Waals surface area (Å²) in [6.07, 6.45) is 2.17. The molecule has 1 atom stereocenters. The number of benzene rings is 1. The lowest BCUT2D eigenvalue weighted by Gasteiger charge is -2.14. The van der Waals surface area contributed by atoms with Gasteiger partial charge in [0.15, 0.2) is 0 Å². The van der Waals surface area contributed by atoms with Gasteiger partial charge in [0.2, 0.25) is 0 Å². The van der Waals surface area contributed by atoms with Gasteiger partial charge < -0.3 is 9.94 Å². The van der Waals surface area contributed by atoms with Crippen molar-refractivity contribution < 1.29 is 14.7 Å². The third kappa shape index (κ3) is 2.90. The van der Waals surface area contributed by atoms with Crippen molar-refractivity contribution in [3.05, 3.63) is 40.4 Å². The molecule has 0 radical (unpaired) electrons. The van der Waals surface area contributed by atoms with Crippen LogP contribution in [-0.4, -0.2) is 35.2 Å². The zero-order valence-electron chi connectivity index (χ0n) is 12.6. The third-order valence-electron chi connectivity index (χ3n) is 3.56. The van der Waals surface area contributed by atoms with E-state index < -0.39 is 12.1 Å². The number of fused-ring (bicyclic) bond motifs is 1. The zero-order valence-corrected chi connectivity index (χ0v) is 13.4. The first-order valence-corrected chi connectivity index (χ1v) is 8.04. The molecule has 1 heterocycles. The summed E-state index contributed by atoms with van der Waals surface area (Å²) in [5.41, 5.74) is 2.19. The van der Waals surface area contributed by atoms with Crippen molar-refractivity contribution in [1.29, 1.82) is 0 Å². The van der Waals surface area contributed by atoms with Gasteiger partial charge in [-0.05, 0) is 25.3 Å². The van der Waals surface area contributed by atoms with Crippen LogP contribution in [-0.2, 0) is 11.3 Å². The fourth-order valence-electron chi connectivity index (χ4n) is 2.57. The number of thiazole rings is 1. The molecule has 0 amide bonds. The van der Waals surface area contributed by atoms with E-state index in [0.29, 0.717) is 5.56 Å². The molecule has 1 aliphatic rings. The molecule has 22 heavy (non-hydrogen) atoms. The van der Waals surface area contributed by atoms with Gasteiger partial charge in [-0.3, -0.25) is 0 Å². The normalized spacial score (nSPS) is 17.4. The van der Waals surface area contributed by atoms with Crippen molar-refractivity contribution in [3.8, 4) is 10.6 Å². The number of hydrogen-bond acceptors (Lipinski definition) is 6. The molecule has 3 rings (SSSR count). The van der Waals surface area contributed by atoms with Gasteiger partial charge in [0.25, 0.3) is 0 Å². The van der Waals surface area contributed by atoms with Crippen LogP contribution in [0.5, 0.6) is 0 Å². The minimum atomic E-state index is -0.434. The van der Waals surface area contributed by atoms with Gasteiger partial charge >= 0.3 is 5.97 Å². The molecule has 0 bridgehead atoms. The van der Waals surface area contributed by atoms with Crippen LogP contribution < -0.4 is 0 Å². The summed E-state index contributed by atoms with van der Waals surface area (Å²) in [4.78, 5) is 22.9. The van der Waals surface area contributed by atoms with Crippen molar-refractivity contribution in [2.24, 2.45) is 0 Å². The number of hydrogen-bond donors (Lipinski definition) is 1. The van der Waals surface area contributed by atoms with E-state index in [0.717, 1.165) is 40.4 Å². The van der Waals surface area contributed by atoms with Crippen molar-refractivity contribution in [2.45, 2.75) is 25.4 Å². The van der Waals surface area contributed by atoms with Crippen LogP contribution in [0.25, 0.3) is 10.6 Å². The number of aliphatic hydroxyl groups excluding tert-OH is 1. The summed E-state index contributed by atoms with van der Waals surface area (Å²) in [6, 6.07) is 7.28. The quantitative estimate of drug-likeness (QED) is 0.882. The highest BCUT2D eigenvalue weighted by atomic mass is 32.1. The predicted molar refractivity (Wildman–Crippen MR) is 84.6 cm³/mol. The second-order valence-electron chi connectivity index (χ2n) is 5.47. The van der Waals surface area contributed by atoms with Gasteiger partial charge in [-0.25, -0.2) is 9.78 Å². The third-order valence-corrected chi connectivity index (χ3v) is 4.80. The molecule has 6 heteroatoms. The van der Waals surface area contributed by atoms with Gasteiger partial charge in [-0.1, -0.05) is 18.2 Å². The van der Waals surface area contributed by atoms with E-state index in [4.69, 9.17) is 4.84 Å². The second-order valence-corrected chi connectivity index (χ2v) is 6.51. The highest BCUT2D eigenvalue weighted by Crippen LogP contribution is 2.38. The predicted octanol–water partition coefficient (Wildman–Crippen LogP) is 2.81. The fraction of sp³-hybridized carbons (Fsp3) is 0.375. The molecule has 2 aromatic rings. The van der Waals surface area contributed by atoms with E-state index >= 15 is 0 Å². The van der Waals surface area contributed by atoms with Gasteiger partial charge in [0.05, 0.1) is 22.2 Å². The van der Waals surface area contributed by atoms with Crippen LogP contribution in [0.15, 0.2) is 24.3 Å². The number of carbonyl (C=O) groups excluding carboxylic acids is 1. The lowest BCUT2D eigenvalue weighted by atomic mass is 10.0. The maximum Gasteiger partial charge on any atom is 0.357 e. The number of rotatable bonds is 3. The lowest BCUT2D eigenvalue weighted by Crippen LogP contribution is -2.19. The van der Waals surface area contributed by atoms with Crippen molar-refractivity contribution in [3.63, 3.8) is 0 Å². The number of aryl methyl sites for hydroxylation is 1. The van der Waals surface area contributed by atoms with Gasteiger partial charge in [-0.15, -0.1) is 16.4 Å². The molecule has 0 saturated heterocycles. The summed E-state index contributed by atoms with van der Waals surface area (Å²) in [5, 5.41) is 12.2. The van der Waals surface area contributed by atoms with E-state index in [2.05, 4.69) is 4.98 Å². The monoisotopic (exact) mass is 318 g/mol. The maximum atomic E-state index is 12.2. The van der Waals surface area contributed by atoms with E-state index in [-0.39, 0.29) is 0 Å². The van der Waals surface area contributed by atoms with Crippen molar-refractivity contribution in [1.82, 2.24) is 10.0 Å². The van der Waals surface area contributed by atoms with E-state index in [9.17, 15) is 9.90 Å². The summed E-state index contributed by atoms with van der Waals surface area (Å²) in [6.45, 7) is 0. The summed E-state index contributed by atoms with van der Waals surface area (Å²) < 4.78 is 0. The Morgan fingerprint density at radius 3 is 2.91 bits per heavy atom. The molecule has 0 fully saturated rings. The Bertz CT molecular complexity index is 696. The Morgan fingerprint density at radius 1 is 1.41 bits per heavy atom. The van der Waals surface area contributed by atoms with Crippen LogP contribution >= 0.6 is 11.3 Å². The Labute approximate surface area is 133 Å². The molecule has 1 aromatic heterocycles. The van der Waals surface area contributed by atoms with E-state index in [1.165, 1.54) is 16.4 Å². The van der Waals surface area contributed by atoms with E-state index in [1.807, 2.05) is 12.1 Å². The molecule has 1 N–H and O–H groups in total. The molecule has 0 saturated carbocycles. The average Bonchev–Trinajstić information content (AvgIpc) is 2.92. The van der Waals surface area contributed by atoms with Crippen LogP contribution in [0, 0.1) is 0 Å². The topological polar surface area (TPSA) is 62.7 Å². The number of carbonyl (C=O) groups is 1. The minimum Gasteiger partial charge on any atom is -0.388 e. The lowest BCUT2D eigenvalue weighted by molar-refractivity contribution is -0.0712. The molecular formula is C16H18N2O3S.